The minimum atomic E-state index is -4.41. The number of halogens is 3. The average molecular weight is 443 g/mol. The number of nitrogens with one attached hydrogen (secondary N) is 2. The van der Waals surface area contributed by atoms with Gasteiger partial charge in [-0.25, -0.2) is 4.98 Å². The maximum Gasteiger partial charge on any atom is 0.434 e. The summed E-state index contributed by atoms with van der Waals surface area (Å²) in [5, 5.41) is 7.77. The Bertz CT molecular complexity index is 899. The van der Waals surface area contributed by atoms with E-state index in [2.05, 4.69) is 20.6 Å². The van der Waals surface area contributed by atoms with Gasteiger partial charge in [0.25, 0.3) is 0 Å². The Morgan fingerprint density at radius 2 is 2.17 bits per heavy atom. The van der Waals surface area contributed by atoms with Crippen molar-refractivity contribution in [3.63, 3.8) is 0 Å². The van der Waals surface area contributed by atoms with Gasteiger partial charge in [-0.1, -0.05) is 0 Å². The fourth-order valence-corrected chi connectivity index (χ4v) is 3.96. The van der Waals surface area contributed by atoms with Crippen molar-refractivity contribution in [2.24, 2.45) is 4.99 Å². The standard InChI is InChI=1S/C20H25F3N4O2S/c1-4-28-15-8-13-7-12(2)29-16(13)9-14(15)10-26-19(24-3)25-6-5-18-27-17(11-30-18)20(21,22)23/h8-9,11-12H,4-7,10H2,1-3H3,(H2,24,25,26). The molecule has 1 unspecified atom stereocenters. The summed E-state index contributed by atoms with van der Waals surface area (Å²) in [6.45, 7) is 5.41. The summed E-state index contributed by atoms with van der Waals surface area (Å²) >= 11 is 1.00. The Morgan fingerprint density at radius 1 is 1.37 bits per heavy atom. The van der Waals surface area contributed by atoms with Crippen molar-refractivity contribution in [1.82, 2.24) is 15.6 Å². The molecule has 1 aromatic heterocycles. The molecule has 1 aliphatic rings. The number of benzene rings is 1. The summed E-state index contributed by atoms with van der Waals surface area (Å²) < 4.78 is 49.5. The van der Waals surface area contributed by atoms with Gasteiger partial charge in [-0.05, 0) is 26.0 Å². The second-order valence-electron chi connectivity index (χ2n) is 6.86. The third-order valence-corrected chi connectivity index (χ3v) is 5.43. The number of nitrogens with zero attached hydrogens (tertiary/aromatic N) is 2. The number of rotatable bonds is 7. The number of ether oxygens (including phenoxy) is 2. The summed E-state index contributed by atoms with van der Waals surface area (Å²) in [6, 6.07) is 4.01. The molecular formula is C20H25F3N4O2S. The zero-order valence-corrected chi connectivity index (χ0v) is 17.9. The van der Waals surface area contributed by atoms with Crippen LogP contribution in [0.5, 0.6) is 11.5 Å². The van der Waals surface area contributed by atoms with Gasteiger partial charge in [0.1, 0.15) is 17.6 Å². The van der Waals surface area contributed by atoms with Crippen LogP contribution in [-0.4, -0.2) is 37.2 Å². The molecule has 2 N–H and O–H groups in total. The molecule has 0 fully saturated rings. The Labute approximate surface area is 177 Å². The lowest BCUT2D eigenvalue weighted by atomic mass is 10.1. The lowest BCUT2D eigenvalue weighted by Crippen LogP contribution is -2.38. The Balaban J connectivity index is 1.55. The number of hydrogen-bond acceptors (Lipinski definition) is 5. The van der Waals surface area contributed by atoms with E-state index < -0.39 is 11.9 Å². The molecule has 0 bridgehead atoms. The van der Waals surface area contributed by atoms with Crippen molar-refractivity contribution in [2.45, 2.75) is 45.5 Å². The van der Waals surface area contributed by atoms with Crippen LogP contribution in [0.3, 0.4) is 0 Å². The van der Waals surface area contributed by atoms with Crippen LogP contribution < -0.4 is 20.1 Å². The average Bonchev–Trinajstić information content (AvgIpc) is 3.30. The predicted molar refractivity (Wildman–Crippen MR) is 110 cm³/mol. The van der Waals surface area contributed by atoms with Crippen molar-refractivity contribution < 1.29 is 22.6 Å². The third kappa shape index (κ3) is 5.56. The van der Waals surface area contributed by atoms with Gasteiger partial charge >= 0.3 is 6.18 Å². The van der Waals surface area contributed by atoms with Crippen LogP contribution in [0.25, 0.3) is 0 Å². The molecule has 3 rings (SSSR count). The SMILES string of the molecule is CCOc1cc2c(cc1CNC(=NC)NCCc1nc(C(F)(F)F)cs1)OC(C)C2. The molecule has 1 atom stereocenters. The van der Waals surface area contributed by atoms with Crippen molar-refractivity contribution in [3.05, 3.63) is 39.3 Å². The van der Waals surface area contributed by atoms with Crippen molar-refractivity contribution >= 4 is 17.3 Å². The Hall–Kier alpha value is -2.49. The van der Waals surface area contributed by atoms with E-state index in [0.717, 1.165) is 45.8 Å². The van der Waals surface area contributed by atoms with Gasteiger partial charge < -0.3 is 20.1 Å². The number of fused-ring (bicyclic) bond motifs is 1. The highest BCUT2D eigenvalue weighted by Gasteiger charge is 2.33. The van der Waals surface area contributed by atoms with Crippen LogP contribution in [0.1, 0.15) is 35.7 Å². The third-order valence-electron chi connectivity index (χ3n) is 4.52. The van der Waals surface area contributed by atoms with Gasteiger partial charge in [0.15, 0.2) is 11.7 Å². The van der Waals surface area contributed by atoms with E-state index in [1.807, 2.05) is 26.0 Å². The molecule has 2 heterocycles. The molecule has 0 amide bonds. The number of aliphatic imine (C=N–C) groups is 1. The van der Waals surface area contributed by atoms with E-state index in [4.69, 9.17) is 9.47 Å². The smallest absolute Gasteiger partial charge is 0.434 e. The monoisotopic (exact) mass is 442 g/mol. The molecule has 30 heavy (non-hydrogen) atoms. The summed E-state index contributed by atoms with van der Waals surface area (Å²) in [5.41, 5.74) is 1.24. The number of hydrogen-bond donors (Lipinski definition) is 2. The van der Waals surface area contributed by atoms with Crippen molar-refractivity contribution in [1.29, 1.82) is 0 Å². The van der Waals surface area contributed by atoms with Gasteiger partial charge in [-0.2, -0.15) is 13.2 Å². The quantitative estimate of drug-likeness (QED) is 0.505. The minimum absolute atomic E-state index is 0.149. The van der Waals surface area contributed by atoms with Gasteiger partial charge in [0.05, 0.1) is 11.6 Å². The van der Waals surface area contributed by atoms with E-state index >= 15 is 0 Å². The van der Waals surface area contributed by atoms with E-state index in [1.165, 1.54) is 0 Å². The van der Waals surface area contributed by atoms with Crippen LogP contribution >= 0.6 is 11.3 Å². The number of guanidine groups is 1. The van der Waals surface area contributed by atoms with Crippen LogP contribution in [-0.2, 0) is 25.6 Å². The molecule has 1 aliphatic heterocycles. The highest BCUT2D eigenvalue weighted by Crippen LogP contribution is 2.35. The predicted octanol–water partition coefficient (Wildman–Crippen LogP) is 3.79. The second-order valence-corrected chi connectivity index (χ2v) is 7.80. The molecule has 6 nitrogen and oxygen atoms in total. The normalized spacial score (nSPS) is 16.2. The van der Waals surface area contributed by atoms with Gasteiger partial charge in [0.2, 0.25) is 0 Å². The van der Waals surface area contributed by atoms with Crippen molar-refractivity contribution in [2.75, 3.05) is 20.2 Å². The summed E-state index contributed by atoms with van der Waals surface area (Å²) in [7, 11) is 1.64. The fraction of sp³-hybridized carbons (Fsp3) is 0.500. The molecule has 0 saturated carbocycles. The molecule has 0 saturated heterocycles. The zero-order valence-electron chi connectivity index (χ0n) is 17.1. The first-order valence-electron chi connectivity index (χ1n) is 9.71. The molecule has 164 valence electrons. The van der Waals surface area contributed by atoms with Gasteiger partial charge in [0, 0.05) is 49.5 Å². The van der Waals surface area contributed by atoms with Gasteiger partial charge in [-0.15, -0.1) is 11.3 Å². The lowest BCUT2D eigenvalue weighted by Gasteiger charge is -2.15. The Kier molecular flexibility index (Phi) is 7.06. The molecule has 0 spiro atoms. The van der Waals surface area contributed by atoms with Gasteiger partial charge in [-0.3, -0.25) is 4.99 Å². The maximum absolute atomic E-state index is 12.6. The molecule has 10 heteroatoms. The topological polar surface area (TPSA) is 67.8 Å². The minimum Gasteiger partial charge on any atom is -0.494 e. The fourth-order valence-electron chi connectivity index (χ4n) is 3.15. The highest BCUT2D eigenvalue weighted by atomic mass is 32.1. The van der Waals surface area contributed by atoms with Crippen LogP contribution in [0.4, 0.5) is 13.2 Å². The first-order chi connectivity index (χ1) is 14.3. The number of aromatic nitrogens is 1. The second kappa shape index (κ2) is 9.55. The Morgan fingerprint density at radius 3 is 2.83 bits per heavy atom. The van der Waals surface area contributed by atoms with E-state index in [-0.39, 0.29) is 6.10 Å². The van der Waals surface area contributed by atoms with E-state index in [9.17, 15) is 13.2 Å². The zero-order chi connectivity index (χ0) is 21.7. The molecule has 0 aliphatic carbocycles. The summed E-state index contributed by atoms with van der Waals surface area (Å²) in [6.07, 6.45) is -3.03. The molecular weight excluding hydrogens is 417 g/mol. The lowest BCUT2D eigenvalue weighted by molar-refractivity contribution is -0.140. The van der Waals surface area contributed by atoms with Crippen LogP contribution in [0.15, 0.2) is 22.5 Å². The number of thiazole rings is 1. The summed E-state index contributed by atoms with van der Waals surface area (Å²) in [4.78, 5) is 7.80. The first-order valence-corrected chi connectivity index (χ1v) is 10.6. The molecule has 0 radical (unpaired) electrons. The molecule has 1 aromatic carbocycles. The first kappa shape index (κ1) is 22.2. The van der Waals surface area contributed by atoms with E-state index in [1.54, 1.807) is 7.05 Å². The number of alkyl halides is 3. The molecule has 2 aromatic rings. The van der Waals surface area contributed by atoms with Crippen LogP contribution in [0.2, 0.25) is 0 Å². The van der Waals surface area contributed by atoms with Crippen LogP contribution in [0, 0.1) is 0 Å². The maximum atomic E-state index is 12.6. The van der Waals surface area contributed by atoms with Crippen molar-refractivity contribution in [3.8, 4) is 11.5 Å². The largest absolute Gasteiger partial charge is 0.494 e. The highest BCUT2D eigenvalue weighted by molar-refractivity contribution is 7.09. The summed E-state index contributed by atoms with van der Waals surface area (Å²) in [5.74, 6) is 2.22. The van der Waals surface area contributed by atoms with E-state index in [0.29, 0.717) is 37.1 Å².